The molecule has 0 saturated carbocycles. The van der Waals surface area contributed by atoms with Gasteiger partial charge in [-0.05, 0) is 55.2 Å². The second kappa shape index (κ2) is 10.1. The van der Waals surface area contributed by atoms with Crippen LogP contribution in [0.25, 0.3) is 11.1 Å². The average Bonchev–Trinajstić information content (AvgIpc) is 2.75. The Morgan fingerprint density at radius 1 is 1.00 bits per heavy atom. The van der Waals surface area contributed by atoms with E-state index in [1.165, 1.54) is 0 Å². The van der Waals surface area contributed by atoms with Crippen LogP contribution in [-0.4, -0.2) is 24.3 Å². The predicted octanol–water partition coefficient (Wildman–Crippen LogP) is 5.33. The highest BCUT2D eigenvalue weighted by molar-refractivity contribution is 6.32. The molecule has 3 aromatic carbocycles. The summed E-state index contributed by atoms with van der Waals surface area (Å²) < 4.78 is 5.58. The lowest BCUT2D eigenvalue weighted by Crippen LogP contribution is -2.37. The van der Waals surface area contributed by atoms with Crippen LogP contribution in [0.5, 0.6) is 5.75 Å². The zero-order valence-electron chi connectivity index (χ0n) is 17.0. The molecule has 1 N–H and O–H groups in total. The third-order valence-electron chi connectivity index (χ3n) is 4.55. The molecular formula is C25H24ClNO3. The third-order valence-corrected chi connectivity index (χ3v) is 4.85. The normalized spacial score (nSPS) is 11.7. The molecule has 0 spiro atoms. The molecule has 0 saturated heterocycles. The summed E-state index contributed by atoms with van der Waals surface area (Å²) in [7, 11) is 0. The van der Waals surface area contributed by atoms with Crippen molar-refractivity contribution in [3.05, 3.63) is 88.9 Å². The minimum absolute atomic E-state index is 0.0186. The SMILES string of the molecule is CC(C)Oc1ccc(C(=O)N[C@H](C=O)Cc2ccc(-c3ccccc3)cc2)cc1Cl. The Bertz CT molecular complexity index is 1000. The quantitative estimate of drug-likeness (QED) is 0.500. The van der Waals surface area contributed by atoms with Gasteiger partial charge >= 0.3 is 0 Å². The molecular weight excluding hydrogens is 398 g/mol. The fourth-order valence-corrected chi connectivity index (χ4v) is 3.32. The van der Waals surface area contributed by atoms with E-state index in [-0.39, 0.29) is 12.0 Å². The lowest BCUT2D eigenvalue weighted by Gasteiger charge is -2.15. The van der Waals surface area contributed by atoms with E-state index in [2.05, 4.69) is 5.32 Å². The number of aldehydes is 1. The summed E-state index contributed by atoms with van der Waals surface area (Å²) in [5.74, 6) is 0.166. The van der Waals surface area contributed by atoms with Crippen molar-refractivity contribution in [2.75, 3.05) is 0 Å². The van der Waals surface area contributed by atoms with Gasteiger partial charge in [0.1, 0.15) is 12.0 Å². The van der Waals surface area contributed by atoms with Gasteiger partial charge in [0.2, 0.25) is 0 Å². The van der Waals surface area contributed by atoms with Crippen LogP contribution in [0.15, 0.2) is 72.8 Å². The molecule has 0 aromatic heterocycles. The molecule has 1 atom stereocenters. The van der Waals surface area contributed by atoms with E-state index in [4.69, 9.17) is 16.3 Å². The van der Waals surface area contributed by atoms with Crippen LogP contribution in [0, 0.1) is 0 Å². The molecule has 0 radical (unpaired) electrons. The largest absolute Gasteiger partial charge is 0.489 e. The Balaban J connectivity index is 1.64. The number of rotatable bonds is 8. The number of carbonyl (C=O) groups is 2. The van der Waals surface area contributed by atoms with E-state index >= 15 is 0 Å². The molecule has 0 bridgehead atoms. The van der Waals surface area contributed by atoms with Gasteiger partial charge in [0.25, 0.3) is 5.91 Å². The Morgan fingerprint density at radius 2 is 1.67 bits per heavy atom. The van der Waals surface area contributed by atoms with Crippen LogP contribution >= 0.6 is 11.6 Å². The maximum atomic E-state index is 12.6. The first kappa shape index (κ1) is 21.6. The van der Waals surface area contributed by atoms with Gasteiger partial charge in [-0.2, -0.15) is 0 Å². The molecule has 3 aromatic rings. The van der Waals surface area contributed by atoms with Gasteiger partial charge in [0.15, 0.2) is 0 Å². The molecule has 5 heteroatoms. The molecule has 0 heterocycles. The van der Waals surface area contributed by atoms with E-state index < -0.39 is 6.04 Å². The zero-order chi connectivity index (χ0) is 21.5. The number of halogens is 1. The van der Waals surface area contributed by atoms with Crippen molar-refractivity contribution in [3.8, 4) is 16.9 Å². The Morgan fingerprint density at radius 3 is 2.27 bits per heavy atom. The van der Waals surface area contributed by atoms with Gasteiger partial charge in [-0.1, -0.05) is 66.2 Å². The summed E-state index contributed by atoms with van der Waals surface area (Å²) in [6, 6.07) is 22.2. The van der Waals surface area contributed by atoms with E-state index in [1.807, 2.05) is 68.4 Å². The summed E-state index contributed by atoms with van der Waals surface area (Å²) in [5, 5.41) is 3.12. The molecule has 30 heavy (non-hydrogen) atoms. The molecule has 0 aliphatic rings. The monoisotopic (exact) mass is 421 g/mol. The highest BCUT2D eigenvalue weighted by Gasteiger charge is 2.16. The van der Waals surface area contributed by atoms with E-state index in [0.29, 0.717) is 22.8 Å². The van der Waals surface area contributed by atoms with Crippen LogP contribution in [0.1, 0.15) is 29.8 Å². The van der Waals surface area contributed by atoms with Crippen molar-refractivity contribution < 1.29 is 14.3 Å². The minimum Gasteiger partial charge on any atom is -0.489 e. The Kier molecular flexibility index (Phi) is 7.26. The van der Waals surface area contributed by atoms with Crippen molar-refractivity contribution >= 4 is 23.8 Å². The summed E-state index contributed by atoms with van der Waals surface area (Å²) in [6.45, 7) is 3.80. The Labute approximate surface area is 181 Å². The lowest BCUT2D eigenvalue weighted by atomic mass is 10.0. The molecule has 1 amide bonds. The number of hydrogen-bond acceptors (Lipinski definition) is 3. The third kappa shape index (κ3) is 5.71. The van der Waals surface area contributed by atoms with E-state index in [0.717, 1.165) is 23.0 Å². The Hall–Kier alpha value is -3.11. The highest BCUT2D eigenvalue weighted by atomic mass is 35.5. The smallest absolute Gasteiger partial charge is 0.251 e. The summed E-state index contributed by atoms with van der Waals surface area (Å²) in [4.78, 5) is 24.1. The molecule has 0 fully saturated rings. The second-order valence-electron chi connectivity index (χ2n) is 7.29. The van der Waals surface area contributed by atoms with Gasteiger partial charge < -0.3 is 14.8 Å². The van der Waals surface area contributed by atoms with Crippen LogP contribution in [0.3, 0.4) is 0 Å². The highest BCUT2D eigenvalue weighted by Crippen LogP contribution is 2.26. The molecule has 4 nitrogen and oxygen atoms in total. The van der Waals surface area contributed by atoms with Crippen molar-refractivity contribution in [2.24, 2.45) is 0 Å². The van der Waals surface area contributed by atoms with Crippen LogP contribution in [0.4, 0.5) is 0 Å². The number of amides is 1. The van der Waals surface area contributed by atoms with Gasteiger partial charge in [-0.25, -0.2) is 0 Å². The number of benzene rings is 3. The van der Waals surface area contributed by atoms with Gasteiger partial charge in [0, 0.05) is 5.56 Å². The summed E-state index contributed by atoms with van der Waals surface area (Å²) >= 11 is 6.21. The van der Waals surface area contributed by atoms with Crippen LogP contribution in [-0.2, 0) is 11.2 Å². The maximum Gasteiger partial charge on any atom is 0.251 e. The molecule has 0 aliphatic heterocycles. The zero-order valence-corrected chi connectivity index (χ0v) is 17.7. The van der Waals surface area contributed by atoms with Gasteiger partial charge in [-0.15, -0.1) is 0 Å². The second-order valence-corrected chi connectivity index (χ2v) is 7.70. The minimum atomic E-state index is -0.634. The molecule has 0 unspecified atom stereocenters. The molecule has 3 rings (SSSR count). The first-order valence-electron chi connectivity index (χ1n) is 9.83. The van der Waals surface area contributed by atoms with Gasteiger partial charge in [-0.3, -0.25) is 4.79 Å². The first-order chi connectivity index (χ1) is 14.5. The number of hydrogen-bond donors (Lipinski definition) is 1. The number of ether oxygens (including phenoxy) is 1. The van der Waals surface area contributed by atoms with Crippen molar-refractivity contribution in [1.82, 2.24) is 5.32 Å². The molecule has 0 aliphatic carbocycles. The van der Waals surface area contributed by atoms with E-state index in [9.17, 15) is 9.59 Å². The summed E-state index contributed by atoms with van der Waals surface area (Å²) in [6.07, 6.45) is 1.14. The van der Waals surface area contributed by atoms with Crippen LogP contribution in [0.2, 0.25) is 5.02 Å². The van der Waals surface area contributed by atoms with Crippen molar-refractivity contribution in [2.45, 2.75) is 32.4 Å². The molecule has 154 valence electrons. The van der Waals surface area contributed by atoms with Crippen LogP contribution < -0.4 is 10.1 Å². The van der Waals surface area contributed by atoms with Crippen molar-refractivity contribution in [1.29, 1.82) is 0 Å². The lowest BCUT2D eigenvalue weighted by molar-refractivity contribution is -0.109. The van der Waals surface area contributed by atoms with E-state index in [1.54, 1.807) is 18.2 Å². The standard InChI is InChI=1S/C25H24ClNO3/c1-17(2)30-24-13-12-21(15-23(24)26)25(29)27-22(16-28)14-18-8-10-20(11-9-18)19-6-4-3-5-7-19/h3-13,15-17,22H,14H2,1-2H3,(H,27,29)/t22-/m0/s1. The average molecular weight is 422 g/mol. The topological polar surface area (TPSA) is 55.4 Å². The fraction of sp³-hybridized carbons (Fsp3) is 0.200. The maximum absolute atomic E-state index is 12.6. The fourth-order valence-electron chi connectivity index (χ4n) is 3.09. The first-order valence-corrected chi connectivity index (χ1v) is 10.2. The number of nitrogens with one attached hydrogen (secondary N) is 1. The van der Waals surface area contributed by atoms with Gasteiger partial charge in [0.05, 0.1) is 17.2 Å². The summed E-state index contributed by atoms with van der Waals surface area (Å²) in [5.41, 5.74) is 3.57. The van der Waals surface area contributed by atoms with Crippen molar-refractivity contribution in [3.63, 3.8) is 0 Å². The predicted molar refractivity (Wildman–Crippen MR) is 120 cm³/mol. The number of carbonyl (C=O) groups excluding carboxylic acids is 2.